The third-order valence-electron chi connectivity index (χ3n) is 9.00. The highest BCUT2D eigenvalue weighted by atomic mass is 16.5. The Bertz CT molecular complexity index is 1750. The van der Waals surface area contributed by atoms with Crippen LogP contribution in [0.2, 0.25) is 0 Å². The van der Waals surface area contributed by atoms with Gasteiger partial charge >= 0.3 is 0 Å². The predicted molar refractivity (Wildman–Crippen MR) is 149 cm³/mol. The van der Waals surface area contributed by atoms with E-state index < -0.39 is 0 Å². The van der Waals surface area contributed by atoms with Gasteiger partial charge in [0.25, 0.3) is 5.91 Å². The van der Waals surface area contributed by atoms with Gasteiger partial charge in [0.05, 0.1) is 31.1 Å². The number of hydrogen-bond donors (Lipinski definition) is 2. The summed E-state index contributed by atoms with van der Waals surface area (Å²) in [5, 5.41) is 12.1. The Morgan fingerprint density at radius 1 is 1.18 bits per heavy atom. The van der Waals surface area contributed by atoms with Gasteiger partial charge in [0.1, 0.15) is 22.6 Å². The zero-order chi connectivity index (χ0) is 27.0. The fraction of sp³-hybridized carbons (Fsp3) is 0.414. The second-order valence-electron chi connectivity index (χ2n) is 11.5. The van der Waals surface area contributed by atoms with Gasteiger partial charge in [-0.3, -0.25) is 4.79 Å². The Morgan fingerprint density at radius 2 is 2.08 bits per heavy atom. The molecule has 11 nitrogen and oxygen atoms in total. The maximum absolute atomic E-state index is 13.8. The molecule has 2 saturated carbocycles. The first-order valence-corrected chi connectivity index (χ1v) is 14.0. The van der Waals surface area contributed by atoms with E-state index in [-0.39, 0.29) is 18.0 Å². The number of H-pyrrole nitrogens is 1. The summed E-state index contributed by atoms with van der Waals surface area (Å²) in [5.74, 6) is 2.39. The fourth-order valence-electron chi connectivity index (χ4n) is 6.79. The van der Waals surface area contributed by atoms with Crippen LogP contribution in [-0.4, -0.2) is 71.1 Å². The lowest BCUT2D eigenvalue weighted by molar-refractivity contribution is 0.0700. The van der Waals surface area contributed by atoms with Gasteiger partial charge < -0.3 is 24.5 Å². The van der Waals surface area contributed by atoms with Crippen molar-refractivity contribution in [3.63, 3.8) is 0 Å². The first kappa shape index (κ1) is 23.6. The zero-order valence-corrected chi connectivity index (χ0v) is 22.3. The van der Waals surface area contributed by atoms with Crippen molar-refractivity contribution in [1.29, 1.82) is 0 Å². The van der Waals surface area contributed by atoms with E-state index in [4.69, 9.17) is 20.4 Å². The molecule has 5 aromatic rings. The van der Waals surface area contributed by atoms with Gasteiger partial charge in [-0.2, -0.15) is 15.4 Å². The smallest absolute Gasteiger partial charge is 0.254 e. The number of hydrogen-bond acceptors (Lipinski definition) is 7. The number of carbonyl (C=O) groups excluding carboxylic acids is 1. The number of rotatable bonds is 7. The normalized spacial score (nSPS) is 22.1. The Morgan fingerprint density at radius 3 is 2.80 bits per heavy atom. The molecule has 1 saturated heterocycles. The number of amides is 1. The molecule has 40 heavy (non-hydrogen) atoms. The van der Waals surface area contributed by atoms with Crippen molar-refractivity contribution in [2.24, 2.45) is 17.6 Å². The van der Waals surface area contributed by atoms with E-state index in [0.29, 0.717) is 41.8 Å². The van der Waals surface area contributed by atoms with E-state index in [1.807, 2.05) is 29.3 Å². The summed E-state index contributed by atoms with van der Waals surface area (Å²) < 4.78 is 10.3. The number of piperidine rings is 1. The van der Waals surface area contributed by atoms with Gasteiger partial charge in [-0.1, -0.05) is 0 Å². The van der Waals surface area contributed by atoms with Crippen LogP contribution in [-0.2, 0) is 13.1 Å². The van der Waals surface area contributed by atoms with Crippen LogP contribution in [0.4, 0.5) is 0 Å². The number of pyridine rings is 1. The Labute approximate surface area is 230 Å². The minimum Gasteiger partial charge on any atom is -0.494 e. The Hall–Kier alpha value is -4.25. The highest BCUT2D eigenvalue weighted by Gasteiger charge is 2.47. The summed E-state index contributed by atoms with van der Waals surface area (Å²) >= 11 is 0. The number of carbonyl (C=O) groups is 1. The van der Waals surface area contributed by atoms with E-state index in [1.54, 1.807) is 13.3 Å². The van der Waals surface area contributed by atoms with E-state index in [2.05, 4.69) is 36.7 Å². The molecule has 1 amide bonds. The van der Waals surface area contributed by atoms with Gasteiger partial charge in [-0.25, -0.2) is 9.97 Å². The molecule has 2 aliphatic carbocycles. The number of aromatic amines is 1. The number of fused-ring (bicyclic) bond motifs is 4. The maximum atomic E-state index is 13.8. The second kappa shape index (κ2) is 8.88. The number of imidazole rings is 1. The summed E-state index contributed by atoms with van der Waals surface area (Å²) in [5.41, 5.74) is 11.2. The third kappa shape index (κ3) is 3.64. The third-order valence-corrected chi connectivity index (χ3v) is 9.00. The number of nitrogens with zero attached hydrogens (tertiary/aromatic N) is 7. The molecule has 11 heteroatoms. The number of ether oxygens (including phenoxy) is 1. The molecule has 3 aliphatic rings. The predicted octanol–water partition coefficient (Wildman–Crippen LogP) is 3.20. The van der Waals surface area contributed by atoms with Crippen molar-refractivity contribution in [3.05, 3.63) is 54.0 Å². The number of likely N-dealkylation sites (tertiary alicyclic amines) is 1. The number of nitrogens with two attached hydrogens (primary N) is 1. The van der Waals surface area contributed by atoms with Crippen molar-refractivity contribution < 1.29 is 9.53 Å². The van der Waals surface area contributed by atoms with E-state index >= 15 is 0 Å². The van der Waals surface area contributed by atoms with Crippen molar-refractivity contribution >= 4 is 28.0 Å². The van der Waals surface area contributed by atoms with Crippen molar-refractivity contribution in [2.45, 2.75) is 50.9 Å². The first-order chi connectivity index (χ1) is 19.6. The standard InChI is InChI=1S/C29H31N9O2/c1-40-24-11-19(29(39)37-14-18-6-7-22(37)25(18)30)9-21-26(24)38(15-20-12-32-35-34-20)28(33-21)23-10-17-3-2-8-31-27(17)36(23)13-16-4-5-16/h2-3,8-12,16,18,22,25H,4-7,13-15,30H2,1H3,(H,32,34,35)/t18?,22?,25-/m1/s1. The minimum atomic E-state index is -0.0116. The van der Waals surface area contributed by atoms with Crippen molar-refractivity contribution in [3.8, 4) is 17.3 Å². The van der Waals surface area contributed by atoms with Gasteiger partial charge in [-0.05, 0) is 67.9 Å². The molecule has 3 N–H and O–H groups in total. The lowest BCUT2D eigenvalue weighted by atomic mass is 10.1. The van der Waals surface area contributed by atoms with Crippen molar-refractivity contribution in [2.75, 3.05) is 13.7 Å². The van der Waals surface area contributed by atoms with Crippen LogP contribution in [0.3, 0.4) is 0 Å². The van der Waals surface area contributed by atoms with Gasteiger partial charge in [-0.15, -0.1) is 0 Å². The van der Waals surface area contributed by atoms with Crippen LogP contribution in [0.25, 0.3) is 33.6 Å². The average molecular weight is 538 g/mol. The number of methoxy groups -OCH3 is 1. The van der Waals surface area contributed by atoms with E-state index in [1.165, 1.54) is 12.8 Å². The molecule has 5 heterocycles. The van der Waals surface area contributed by atoms with Crippen LogP contribution in [0.1, 0.15) is 41.7 Å². The fourth-order valence-corrected chi connectivity index (χ4v) is 6.79. The highest BCUT2D eigenvalue weighted by molar-refractivity contribution is 6.00. The highest BCUT2D eigenvalue weighted by Crippen LogP contribution is 2.40. The molecule has 204 valence electrons. The van der Waals surface area contributed by atoms with Crippen LogP contribution in [0, 0.1) is 11.8 Å². The monoisotopic (exact) mass is 537 g/mol. The number of benzene rings is 1. The molecular formula is C29H31N9O2. The largest absolute Gasteiger partial charge is 0.494 e. The quantitative estimate of drug-likeness (QED) is 0.326. The Kier molecular flexibility index (Phi) is 5.25. The van der Waals surface area contributed by atoms with E-state index in [0.717, 1.165) is 53.1 Å². The first-order valence-electron chi connectivity index (χ1n) is 14.0. The van der Waals surface area contributed by atoms with Crippen molar-refractivity contribution in [1.82, 2.24) is 39.4 Å². The summed E-state index contributed by atoms with van der Waals surface area (Å²) in [6.45, 7) is 2.04. The summed E-state index contributed by atoms with van der Waals surface area (Å²) in [6.07, 6.45) is 8.06. The topological polar surface area (TPSA) is 133 Å². The molecule has 3 fully saturated rings. The molecule has 1 aromatic carbocycles. The molecule has 0 radical (unpaired) electrons. The molecule has 8 rings (SSSR count). The van der Waals surface area contributed by atoms with Gasteiger partial charge in [0.15, 0.2) is 5.82 Å². The molecule has 3 atom stereocenters. The van der Waals surface area contributed by atoms with Gasteiger partial charge in [0.2, 0.25) is 0 Å². The lowest BCUT2D eigenvalue weighted by Crippen LogP contribution is -2.41. The molecular weight excluding hydrogens is 506 g/mol. The molecule has 4 aromatic heterocycles. The maximum Gasteiger partial charge on any atom is 0.254 e. The SMILES string of the molecule is COc1cc(C(=O)N2CC3CCC2[C@@H]3N)cc2nc(-c3cc4cccnc4n3CC3CC3)n(Cc3cn[nH]n3)c12. The summed E-state index contributed by atoms with van der Waals surface area (Å²) in [7, 11) is 1.64. The van der Waals surface area contributed by atoms with Crippen LogP contribution in [0.15, 0.2) is 42.7 Å². The van der Waals surface area contributed by atoms with Crippen LogP contribution in [0.5, 0.6) is 5.75 Å². The average Bonchev–Trinajstić information content (AvgIpc) is 3.34. The summed E-state index contributed by atoms with van der Waals surface area (Å²) in [6, 6.07) is 10.1. The number of nitrogens with one attached hydrogen (secondary N) is 1. The lowest BCUT2D eigenvalue weighted by Gasteiger charge is -2.27. The molecule has 2 bridgehead atoms. The zero-order valence-electron chi connectivity index (χ0n) is 22.3. The molecule has 0 spiro atoms. The number of aromatic nitrogens is 7. The van der Waals surface area contributed by atoms with Crippen LogP contribution >= 0.6 is 0 Å². The molecule has 2 unspecified atom stereocenters. The molecule has 1 aliphatic heterocycles. The van der Waals surface area contributed by atoms with E-state index in [9.17, 15) is 4.79 Å². The summed E-state index contributed by atoms with van der Waals surface area (Å²) in [4.78, 5) is 25.6. The Balaban J connectivity index is 1.31. The van der Waals surface area contributed by atoms with Gasteiger partial charge in [0, 0.05) is 42.3 Å². The minimum absolute atomic E-state index is 0.0116. The second-order valence-corrected chi connectivity index (χ2v) is 11.5. The van der Waals surface area contributed by atoms with Crippen LogP contribution < -0.4 is 10.5 Å².